The van der Waals surface area contributed by atoms with Crippen LogP contribution in [-0.2, 0) is 24.4 Å². The van der Waals surface area contributed by atoms with Gasteiger partial charge in [0, 0.05) is 38.2 Å². The molecule has 0 fully saturated rings. The van der Waals surface area contributed by atoms with Crippen molar-refractivity contribution < 1.29 is 4.79 Å². The SMILES string of the molecule is CN=C(NCc1ccsc1)NCc1cccc(NC(=O)Cn2cccn2)c1. The predicted molar refractivity (Wildman–Crippen MR) is 109 cm³/mol. The third-order valence-corrected chi connectivity index (χ3v) is 4.53. The number of nitrogens with one attached hydrogen (secondary N) is 3. The zero-order valence-electron chi connectivity index (χ0n) is 15.1. The first kappa shape index (κ1) is 18.7. The van der Waals surface area contributed by atoms with E-state index in [9.17, 15) is 4.79 Å². The minimum absolute atomic E-state index is 0.114. The predicted octanol–water partition coefficient (Wildman–Crippen LogP) is 2.45. The fourth-order valence-electron chi connectivity index (χ4n) is 2.49. The number of thiophene rings is 1. The van der Waals surface area contributed by atoms with Gasteiger partial charge in [-0.3, -0.25) is 14.5 Å². The zero-order chi connectivity index (χ0) is 18.9. The van der Waals surface area contributed by atoms with Crippen molar-refractivity contribution in [2.45, 2.75) is 19.6 Å². The molecule has 3 aromatic rings. The summed E-state index contributed by atoms with van der Waals surface area (Å²) in [7, 11) is 1.74. The van der Waals surface area contributed by atoms with Crippen LogP contribution in [0, 0.1) is 0 Å². The highest BCUT2D eigenvalue weighted by Gasteiger charge is 2.05. The van der Waals surface area contributed by atoms with Crippen LogP contribution in [0.3, 0.4) is 0 Å². The lowest BCUT2D eigenvalue weighted by Gasteiger charge is -2.12. The quantitative estimate of drug-likeness (QED) is 0.433. The average molecular weight is 382 g/mol. The van der Waals surface area contributed by atoms with Crippen molar-refractivity contribution in [1.82, 2.24) is 20.4 Å². The molecule has 2 heterocycles. The van der Waals surface area contributed by atoms with Crippen molar-refractivity contribution in [1.29, 1.82) is 0 Å². The second kappa shape index (κ2) is 9.54. The number of hydrogen-bond donors (Lipinski definition) is 3. The molecule has 0 radical (unpaired) electrons. The van der Waals surface area contributed by atoms with E-state index in [1.54, 1.807) is 41.5 Å². The molecule has 140 valence electrons. The lowest BCUT2D eigenvalue weighted by atomic mass is 10.2. The Bertz CT molecular complexity index is 874. The molecule has 27 heavy (non-hydrogen) atoms. The van der Waals surface area contributed by atoms with E-state index in [-0.39, 0.29) is 12.5 Å². The number of carbonyl (C=O) groups is 1. The van der Waals surface area contributed by atoms with Gasteiger partial charge in [0.15, 0.2) is 5.96 Å². The maximum Gasteiger partial charge on any atom is 0.246 e. The van der Waals surface area contributed by atoms with Crippen LogP contribution in [0.1, 0.15) is 11.1 Å². The van der Waals surface area contributed by atoms with E-state index >= 15 is 0 Å². The molecule has 7 nitrogen and oxygen atoms in total. The van der Waals surface area contributed by atoms with Crippen LogP contribution >= 0.6 is 11.3 Å². The molecule has 0 aliphatic heterocycles. The summed E-state index contributed by atoms with van der Waals surface area (Å²) in [5.41, 5.74) is 3.03. The van der Waals surface area contributed by atoms with Gasteiger partial charge < -0.3 is 16.0 Å². The third kappa shape index (κ3) is 5.96. The van der Waals surface area contributed by atoms with Gasteiger partial charge in [0.1, 0.15) is 6.54 Å². The van der Waals surface area contributed by atoms with E-state index in [1.807, 2.05) is 24.3 Å². The molecule has 0 aliphatic rings. The van der Waals surface area contributed by atoms with Crippen LogP contribution in [0.4, 0.5) is 5.69 Å². The smallest absolute Gasteiger partial charge is 0.246 e. The molecule has 0 atom stereocenters. The van der Waals surface area contributed by atoms with Gasteiger partial charge in [0.25, 0.3) is 0 Å². The molecule has 3 N–H and O–H groups in total. The lowest BCUT2D eigenvalue weighted by molar-refractivity contribution is -0.116. The molecule has 8 heteroatoms. The number of hydrogen-bond acceptors (Lipinski definition) is 4. The van der Waals surface area contributed by atoms with E-state index in [0.717, 1.165) is 23.8 Å². The van der Waals surface area contributed by atoms with Crippen LogP contribution < -0.4 is 16.0 Å². The number of carbonyl (C=O) groups excluding carboxylic acids is 1. The summed E-state index contributed by atoms with van der Waals surface area (Å²) in [6.07, 6.45) is 3.41. The molecular weight excluding hydrogens is 360 g/mol. The van der Waals surface area contributed by atoms with Crippen LogP contribution in [0.2, 0.25) is 0 Å². The minimum Gasteiger partial charge on any atom is -0.352 e. The fraction of sp³-hybridized carbons (Fsp3) is 0.211. The maximum absolute atomic E-state index is 12.1. The Morgan fingerprint density at radius 2 is 2.04 bits per heavy atom. The first-order valence-electron chi connectivity index (χ1n) is 8.55. The maximum atomic E-state index is 12.1. The van der Waals surface area contributed by atoms with Gasteiger partial charge in [-0.25, -0.2) is 0 Å². The standard InChI is InChI=1S/C19H22N6OS/c1-20-19(22-12-16-6-9-27-14-16)21-11-15-4-2-5-17(10-15)24-18(26)13-25-8-3-7-23-25/h2-10,14H,11-13H2,1H3,(H,24,26)(H2,20,21,22). The second-order valence-corrected chi connectivity index (χ2v) is 6.64. The van der Waals surface area contributed by atoms with Gasteiger partial charge in [-0.2, -0.15) is 16.4 Å². The molecule has 1 amide bonds. The van der Waals surface area contributed by atoms with E-state index in [1.165, 1.54) is 5.56 Å². The average Bonchev–Trinajstić information content (AvgIpc) is 3.36. The molecule has 0 unspecified atom stereocenters. The Morgan fingerprint density at radius 3 is 2.74 bits per heavy atom. The van der Waals surface area contributed by atoms with Gasteiger partial charge in [-0.05, 0) is 46.2 Å². The number of aliphatic imine (C=N–C) groups is 1. The summed E-state index contributed by atoms with van der Waals surface area (Å²) in [6.45, 7) is 1.52. The first-order valence-corrected chi connectivity index (χ1v) is 9.49. The number of rotatable bonds is 7. The Balaban J connectivity index is 1.49. The van der Waals surface area contributed by atoms with Gasteiger partial charge >= 0.3 is 0 Å². The molecule has 0 saturated heterocycles. The Hall–Kier alpha value is -3.13. The molecule has 0 aliphatic carbocycles. The zero-order valence-corrected chi connectivity index (χ0v) is 15.9. The molecule has 2 aromatic heterocycles. The highest BCUT2D eigenvalue weighted by Crippen LogP contribution is 2.11. The Kier molecular flexibility index (Phi) is 6.59. The van der Waals surface area contributed by atoms with Crippen LogP contribution in [-0.4, -0.2) is 28.7 Å². The summed E-state index contributed by atoms with van der Waals surface area (Å²) in [6, 6.07) is 11.6. The monoisotopic (exact) mass is 382 g/mol. The number of guanidine groups is 1. The lowest BCUT2D eigenvalue weighted by Crippen LogP contribution is -2.36. The van der Waals surface area contributed by atoms with Gasteiger partial charge in [0.05, 0.1) is 0 Å². The fourth-order valence-corrected chi connectivity index (χ4v) is 3.15. The van der Waals surface area contributed by atoms with Crippen molar-refractivity contribution in [3.8, 4) is 0 Å². The highest BCUT2D eigenvalue weighted by atomic mass is 32.1. The third-order valence-electron chi connectivity index (χ3n) is 3.80. The van der Waals surface area contributed by atoms with Gasteiger partial charge in [-0.15, -0.1) is 0 Å². The summed E-state index contributed by atoms with van der Waals surface area (Å²) < 4.78 is 1.59. The topological polar surface area (TPSA) is 83.3 Å². The minimum atomic E-state index is -0.114. The Morgan fingerprint density at radius 1 is 1.19 bits per heavy atom. The normalized spacial score (nSPS) is 11.2. The molecule has 0 bridgehead atoms. The van der Waals surface area contributed by atoms with Crippen LogP contribution in [0.25, 0.3) is 0 Å². The number of benzene rings is 1. The molecular formula is C19H22N6OS. The van der Waals surface area contributed by atoms with E-state index in [0.29, 0.717) is 6.54 Å². The Labute approximate surface area is 162 Å². The summed E-state index contributed by atoms with van der Waals surface area (Å²) >= 11 is 1.68. The number of nitrogens with zero attached hydrogens (tertiary/aromatic N) is 3. The van der Waals surface area contributed by atoms with Crippen molar-refractivity contribution >= 4 is 28.9 Å². The molecule has 0 saturated carbocycles. The van der Waals surface area contributed by atoms with Crippen LogP contribution in [0.5, 0.6) is 0 Å². The number of anilines is 1. The van der Waals surface area contributed by atoms with Crippen molar-refractivity contribution in [3.05, 3.63) is 70.7 Å². The summed E-state index contributed by atoms with van der Waals surface area (Å²) in [4.78, 5) is 16.3. The van der Waals surface area contributed by atoms with Crippen molar-refractivity contribution in [2.24, 2.45) is 4.99 Å². The summed E-state index contributed by atoms with van der Waals surface area (Å²) in [5, 5.41) is 17.7. The van der Waals surface area contributed by atoms with Crippen LogP contribution in [0.15, 0.2) is 64.5 Å². The molecule has 3 rings (SSSR count). The number of amides is 1. The van der Waals surface area contributed by atoms with Crippen molar-refractivity contribution in [2.75, 3.05) is 12.4 Å². The summed E-state index contributed by atoms with van der Waals surface area (Å²) in [5.74, 6) is 0.617. The first-order chi connectivity index (χ1) is 13.2. The van der Waals surface area contributed by atoms with Crippen molar-refractivity contribution in [3.63, 3.8) is 0 Å². The van der Waals surface area contributed by atoms with Gasteiger partial charge in [-0.1, -0.05) is 12.1 Å². The second-order valence-electron chi connectivity index (χ2n) is 5.86. The van der Waals surface area contributed by atoms with E-state index in [2.05, 4.69) is 42.9 Å². The highest BCUT2D eigenvalue weighted by molar-refractivity contribution is 7.07. The largest absolute Gasteiger partial charge is 0.352 e. The molecule has 0 spiro atoms. The van der Waals surface area contributed by atoms with E-state index < -0.39 is 0 Å². The number of aromatic nitrogens is 2. The van der Waals surface area contributed by atoms with E-state index in [4.69, 9.17) is 0 Å². The van der Waals surface area contributed by atoms with Gasteiger partial charge in [0.2, 0.25) is 5.91 Å². The molecule has 1 aromatic carbocycles.